The minimum absolute atomic E-state index is 0. The number of nitrogens with zero attached hydrogens (tertiary/aromatic N) is 3. The number of morpholine rings is 2. The Morgan fingerprint density at radius 2 is 1.90 bits per heavy atom. The van der Waals surface area contributed by atoms with Crippen LogP contribution in [0.2, 0.25) is 0 Å². The molecule has 1 aromatic carbocycles. The highest BCUT2D eigenvalue weighted by Crippen LogP contribution is 2.25. The van der Waals surface area contributed by atoms with Crippen LogP contribution < -0.4 is 5.32 Å². The summed E-state index contributed by atoms with van der Waals surface area (Å²) in [6.07, 6.45) is 0.0889. The minimum atomic E-state index is 0. The zero-order valence-electron chi connectivity index (χ0n) is 18.3. The lowest BCUT2D eigenvalue weighted by molar-refractivity contribution is -0.0105. The van der Waals surface area contributed by atoms with Crippen LogP contribution >= 0.6 is 24.0 Å². The van der Waals surface area contributed by atoms with E-state index in [-0.39, 0.29) is 35.6 Å². The van der Waals surface area contributed by atoms with Crippen LogP contribution in [0.3, 0.4) is 0 Å². The van der Waals surface area contributed by atoms with Crippen LogP contribution in [0.4, 0.5) is 0 Å². The second-order valence-electron chi connectivity index (χ2n) is 8.24. The molecule has 2 saturated heterocycles. The van der Waals surface area contributed by atoms with Gasteiger partial charge < -0.3 is 19.7 Å². The summed E-state index contributed by atoms with van der Waals surface area (Å²) in [6.45, 7) is 16.5. The molecule has 0 aliphatic carbocycles. The van der Waals surface area contributed by atoms with Crippen molar-refractivity contribution in [1.82, 2.24) is 15.1 Å². The molecule has 0 amide bonds. The van der Waals surface area contributed by atoms with Gasteiger partial charge in [0.25, 0.3) is 0 Å². The molecule has 0 spiro atoms. The van der Waals surface area contributed by atoms with Crippen LogP contribution in [0.25, 0.3) is 0 Å². The third kappa shape index (κ3) is 6.54. The van der Waals surface area contributed by atoms with Crippen molar-refractivity contribution in [2.75, 3.05) is 59.1 Å². The fourth-order valence-electron chi connectivity index (χ4n) is 3.94. The SMILES string of the molecule is CCNC(=NCC(C)(C)N1CCOCC1)N1CCOC(c2ccccc2C)C1.I. The number of aryl methyl sites for hydroxylation is 1. The molecule has 164 valence electrons. The predicted molar refractivity (Wildman–Crippen MR) is 129 cm³/mol. The molecule has 3 rings (SSSR count). The molecule has 0 saturated carbocycles. The van der Waals surface area contributed by atoms with E-state index in [4.69, 9.17) is 14.5 Å². The maximum absolute atomic E-state index is 6.10. The van der Waals surface area contributed by atoms with Gasteiger partial charge in [-0.3, -0.25) is 9.89 Å². The molecule has 29 heavy (non-hydrogen) atoms. The van der Waals surface area contributed by atoms with Gasteiger partial charge in [0, 0.05) is 31.7 Å². The van der Waals surface area contributed by atoms with E-state index in [1.165, 1.54) is 11.1 Å². The maximum atomic E-state index is 6.10. The van der Waals surface area contributed by atoms with Crippen LogP contribution in [0.15, 0.2) is 29.3 Å². The second-order valence-corrected chi connectivity index (χ2v) is 8.24. The van der Waals surface area contributed by atoms with Gasteiger partial charge in [-0.2, -0.15) is 0 Å². The lowest BCUT2D eigenvalue weighted by atomic mass is 10.0. The van der Waals surface area contributed by atoms with E-state index in [0.29, 0.717) is 0 Å². The van der Waals surface area contributed by atoms with E-state index >= 15 is 0 Å². The zero-order chi connectivity index (χ0) is 20.0. The second kappa shape index (κ2) is 11.5. The van der Waals surface area contributed by atoms with E-state index in [9.17, 15) is 0 Å². The van der Waals surface area contributed by atoms with Crippen molar-refractivity contribution in [2.45, 2.75) is 39.3 Å². The molecule has 2 fully saturated rings. The predicted octanol–water partition coefficient (Wildman–Crippen LogP) is 3.06. The van der Waals surface area contributed by atoms with Crippen molar-refractivity contribution < 1.29 is 9.47 Å². The molecule has 1 aromatic rings. The lowest BCUT2D eigenvalue weighted by Crippen LogP contribution is -2.53. The first-order valence-electron chi connectivity index (χ1n) is 10.5. The maximum Gasteiger partial charge on any atom is 0.194 e. The molecule has 2 aliphatic rings. The quantitative estimate of drug-likeness (QED) is 0.371. The highest BCUT2D eigenvalue weighted by Gasteiger charge is 2.29. The smallest absolute Gasteiger partial charge is 0.194 e. The highest BCUT2D eigenvalue weighted by molar-refractivity contribution is 14.0. The van der Waals surface area contributed by atoms with Gasteiger partial charge in [0.05, 0.1) is 32.9 Å². The number of guanidine groups is 1. The number of nitrogens with one attached hydrogen (secondary N) is 1. The number of halogens is 1. The highest BCUT2D eigenvalue weighted by atomic mass is 127. The summed E-state index contributed by atoms with van der Waals surface area (Å²) in [5.41, 5.74) is 2.58. The summed E-state index contributed by atoms with van der Waals surface area (Å²) in [4.78, 5) is 9.86. The molecule has 6 nitrogen and oxygen atoms in total. The summed E-state index contributed by atoms with van der Waals surface area (Å²) < 4.78 is 11.6. The van der Waals surface area contributed by atoms with Gasteiger partial charge in [-0.1, -0.05) is 24.3 Å². The largest absolute Gasteiger partial charge is 0.379 e. The number of benzene rings is 1. The van der Waals surface area contributed by atoms with Gasteiger partial charge in [-0.05, 0) is 38.8 Å². The summed E-state index contributed by atoms with van der Waals surface area (Å²) in [5.74, 6) is 0.991. The Morgan fingerprint density at radius 1 is 1.17 bits per heavy atom. The monoisotopic (exact) mass is 516 g/mol. The van der Waals surface area contributed by atoms with Gasteiger partial charge in [0.2, 0.25) is 0 Å². The summed E-state index contributed by atoms with van der Waals surface area (Å²) in [7, 11) is 0. The Labute approximate surface area is 193 Å². The van der Waals surface area contributed by atoms with Crippen molar-refractivity contribution in [3.8, 4) is 0 Å². The number of hydrogen-bond donors (Lipinski definition) is 1. The molecule has 0 radical (unpaired) electrons. The summed E-state index contributed by atoms with van der Waals surface area (Å²) >= 11 is 0. The van der Waals surface area contributed by atoms with Crippen molar-refractivity contribution >= 4 is 29.9 Å². The first-order chi connectivity index (χ1) is 13.5. The van der Waals surface area contributed by atoms with Crippen molar-refractivity contribution in [3.63, 3.8) is 0 Å². The molecular formula is C22H37IN4O2. The van der Waals surface area contributed by atoms with E-state index in [1.54, 1.807) is 0 Å². The first kappa shape index (κ1) is 24.4. The third-order valence-electron chi connectivity index (χ3n) is 5.72. The van der Waals surface area contributed by atoms with Gasteiger partial charge in [0.15, 0.2) is 5.96 Å². The molecule has 2 heterocycles. The van der Waals surface area contributed by atoms with Crippen LogP contribution in [0.1, 0.15) is 38.0 Å². The van der Waals surface area contributed by atoms with E-state index in [0.717, 1.165) is 65.0 Å². The molecule has 2 aliphatic heterocycles. The Balaban J connectivity index is 0.00000300. The van der Waals surface area contributed by atoms with E-state index in [2.05, 4.69) is 67.1 Å². The average molecular weight is 516 g/mol. The number of hydrogen-bond acceptors (Lipinski definition) is 4. The Morgan fingerprint density at radius 3 is 2.59 bits per heavy atom. The number of ether oxygens (including phenoxy) is 2. The van der Waals surface area contributed by atoms with E-state index < -0.39 is 0 Å². The van der Waals surface area contributed by atoms with Crippen LogP contribution in [0.5, 0.6) is 0 Å². The van der Waals surface area contributed by atoms with Gasteiger partial charge >= 0.3 is 0 Å². The summed E-state index contributed by atoms with van der Waals surface area (Å²) in [5, 5.41) is 3.49. The Hall–Kier alpha value is -0.900. The third-order valence-corrected chi connectivity index (χ3v) is 5.72. The first-order valence-corrected chi connectivity index (χ1v) is 10.5. The molecule has 7 heteroatoms. The zero-order valence-corrected chi connectivity index (χ0v) is 20.6. The number of rotatable bonds is 5. The summed E-state index contributed by atoms with van der Waals surface area (Å²) in [6, 6.07) is 8.50. The van der Waals surface area contributed by atoms with Crippen LogP contribution in [-0.4, -0.2) is 80.4 Å². The molecule has 1 unspecified atom stereocenters. The molecule has 1 atom stereocenters. The Kier molecular flexibility index (Phi) is 9.65. The van der Waals surface area contributed by atoms with Gasteiger partial charge in [-0.15, -0.1) is 24.0 Å². The van der Waals surface area contributed by atoms with Crippen LogP contribution in [-0.2, 0) is 9.47 Å². The lowest BCUT2D eigenvalue weighted by Gasteiger charge is -2.40. The van der Waals surface area contributed by atoms with Crippen LogP contribution in [0, 0.1) is 6.92 Å². The molecule has 0 aromatic heterocycles. The van der Waals surface area contributed by atoms with Crippen molar-refractivity contribution in [3.05, 3.63) is 35.4 Å². The molecule has 0 bridgehead atoms. The molecule has 1 N–H and O–H groups in total. The average Bonchev–Trinajstić information content (AvgIpc) is 2.72. The van der Waals surface area contributed by atoms with Gasteiger partial charge in [-0.25, -0.2) is 0 Å². The van der Waals surface area contributed by atoms with E-state index in [1.807, 2.05) is 0 Å². The van der Waals surface area contributed by atoms with Gasteiger partial charge in [0.1, 0.15) is 6.10 Å². The molecular weight excluding hydrogens is 479 g/mol. The number of aliphatic imine (C=N–C) groups is 1. The fourth-order valence-corrected chi connectivity index (χ4v) is 3.94. The Bertz CT molecular complexity index is 662. The normalized spacial score (nSPS) is 21.6. The topological polar surface area (TPSA) is 49.3 Å². The van der Waals surface area contributed by atoms with Crippen molar-refractivity contribution in [1.29, 1.82) is 0 Å². The fraction of sp³-hybridized carbons (Fsp3) is 0.682. The minimum Gasteiger partial charge on any atom is -0.379 e. The van der Waals surface area contributed by atoms with Crippen molar-refractivity contribution in [2.24, 2.45) is 4.99 Å². The standard InChI is InChI=1S/C22H36N4O2.HI/c1-5-23-21(24-17-22(3,4)26-11-13-27-14-12-26)25-10-15-28-20(16-25)19-9-7-6-8-18(19)2;/h6-9,20H,5,10-17H2,1-4H3,(H,23,24);1H.